The molecule has 1 amide bonds. The number of halogens is 2. The lowest BCUT2D eigenvalue weighted by Crippen LogP contribution is -2.37. The van der Waals surface area contributed by atoms with Crippen molar-refractivity contribution in [1.29, 1.82) is 0 Å². The molecule has 0 saturated carbocycles. The maximum Gasteiger partial charge on any atom is 0.234 e. The summed E-state index contributed by atoms with van der Waals surface area (Å²) in [6, 6.07) is 11.1. The first-order chi connectivity index (χ1) is 16.4. The van der Waals surface area contributed by atoms with Gasteiger partial charge in [0.1, 0.15) is 6.61 Å². The van der Waals surface area contributed by atoms with Crippen molar-refractivity contribution in [3.05, 3.63) is 52.0 Å². The SMILES string of the molecule is COc1ccc(N2CCC(c3ccc(Cl)c(Cl)c3)C2=O)cc1OCCN1CCC(C(C)C)CC1. The molecule has 1 atom stereocenters. The van der Waals surface area contributed by atoms with Gasteiger partial charge in [0, 0.05) is 24.8 Å². The van der Waals surface area contributed by atoms with Crippen LogP contribution in [0.25, 0.3) is 0 Å². The van der Waals surface area contributed by atoms with E-state index in [9.17, 15) is 4.79 Å². The van der Waals surface area contributed by atoms with E-state index in [0.717, 1.165) is 49.1 Å². The second kappa shape index (κ2) is 11.2. The fourth-order valence-electron chi connectivity index (χ4n) is 5.05. The lowest BCUT2D eigenvalue weighted by Gasteiger charge is -2.33. The van der Waals surface area contributed by atoms with E-state index in [1.54, 1.807) is 19.2 Å². The summed E-state index contributed by atoms with van der Waals surface area (Å²) in [4.78, 5) is 17.5. The predicted molar refractivity (Wildman–Crippen MR) is 139 cm³/mol. The third kappa shape index (κ3) is 5.64. The van der Waals surface area contributed by atoms with Gasteiger partial charge >= 0.3 is 0 Å². The standard InChI is InChI=1S/C27H34Cl2N2O3/c1-18(2)19-8-11-30(12-9-19)14-15-34-26-17-21(5-7-25(26)33-3)31-13-10-22(27(31)32)20-4-6-23(28)24(29)16-20/h4-7,16-19,22H,8-15H2,1-3H3. The molecule has 0 aromatic heterocycles. The van der Waals surface area contributed by atoms with Crippen molar-refractivity contribution in [2.24, 2.45) is 11.8 Å². The van der Waals surface area contributed by atoms with E-state index in [1.807, 2.05) is 29.2 Å². The number of carbonyl (C=O) groups excluding carboxylic acids is 1. The molecule has 34 heavy (non-hydrogen) atoms. The topological polar surface area (TPSA) is 42.0 Å². The van der Waals surface area contributed by atoms with Gasteiger partial charge in [0.15, 0.2) is 11.5 Å². The van der Waals surface area contributed by atoms with Crippen LogP contribution in [-0.4, -0.2) is 50.7 Å². The fourth-order valence-corrected chi connectivity index (χ4v) is 5.36. The summed E-state index contributed by atoms with van der Waals surface area (Å²) in [7, 11) is 1.64. The minimum Gasteiger partial charge on any atom is -0.493 e. The summed E-state index contributed by atoms with van der Waals surface area (Å²) in [5.41, 5.74) is 1.72. The van der Waals surface area contributed by atoms with E-state index >= 15 is 0 Å². The summed E-state index contributed by atoms with van der Waals surface area (Å²) >= 11 is 12.2. The second-order valence-corrected chi connectivity index (χ2v) is 10.4. The van der Waals surface area contributed by atoms with E-state index in [1.165, 1.54) is 12.8 Å². The van der Waals surface area contributed by atoms with E-state index in [2.05, 4.69) is 18.7 Å². The van der Waals surface area contributed by atoms with Crippen LogP contribution in [-0.2, 0) is 4.79 Å². The van der Waals surface area contributed by atoms with E-state index < -0.39 is 0 Å². The molecule has 2 saturated heterocycles. The van der Waals surface area contributed by atoms with E-state index in [4.69, 9.17) is 32.7 Å². The summed E-state index contributed by atoms with van der Waals surface area (Å²) in [5, 5.41) is 0.966. The molecule has 2 aliphatic heterocycles. The first-order valence-electron chi connectivity index (χ1n) is 12.2. The highest BCUT2D eigenvalue weighted by atomic mass is 35.5. The van der Waals surface area contributed by atoms with Crippen molar-refractivity contribution in [2.75, 3.05) is 44.8 Å². The lowest BCUT2D eigenvalue weighted by atomic mass is 9.87. The van der Waals surface area contributed by atoms with Gasteiger partial charge < -0.3 is 14.4 Å². The van der Waals surface area contributed by atoms with Crippen LogP contribution in [0.5, 0.6) is 11.5 Å². The maximum atomic E-state index is 13.2. The van der Waals surface area contributed by atoms with Crippen LogP contribution in [0.4, 0.5) is 5.69 Å². The molecular formula is C27H34Cl2N2O3. The van der Waals surface area contributed by atoms with Crippen LogP contribution < -0.4 is 14.4 Å². The van der Waals surface area contributed by atoms with Crippen molar-refractivity contribution in [3.63, 3.8) is 0 Å². The highest BCUT2D eigenvalue weighted by Gasteiger charge is 2.34. The number of ether oxygens (including phenoxy) is 2. The Morgan fingerprint density at radius 2 is 1.74 bits per heavy atom. The molecule has 2 aromatic rings. The maximum absolute atomic E-state index is 13.2. The van der Waals surface area contributed by atoms with Crippen LogP contribution in [0.2, 0.25) is 10.0 Å². The molecule has 0 N–H and O–H groups in total. The van der Waals surface area contributed by atoms with Crippen LogP contribution in [0.3, 0.4) is 0 Å². The van der Waals surface area contributed by atoms with Gasteiger partial charge in [0.25, 0.3) is 0 Å². The van der Waals surface area contributed by atoms with Gasteiger partial charge in [-0.15, -0.1) is 0 Å². The van der Waals surface area contributed by atoms with Gasteiger partial charge in [-0.1, -0.05) is 43.1 Å². The zero-order valence-corrected chi connectivity index (χ0v) is 21.7. The quantitative estimate of drug-likeness (QED) is 0.424. The van der Waals surface area contributed by atoms with Crippen molar-refractivity contribution in [3.8, 4) is 11.5 Å². The van der Waals surface area contributed by atoms with Gasteiger partial charge in [0.2, 0.25) is 5.91 Å². The molecule has 2 heterocycles. The number of hydrogen-bond acceptors (Lipinski definition) is 4. The number of hydrogen-bond donors (Lipinski definition) is 0. The molecule has 0 aliphatic carbocycles. The minimum atomic E-state index is -0.227. The summed E-state index contributed by atoms with van der Waals surface area (Å²) in [6.07, 6.45) is 3.24. The Morgan fingerprint density at radius 3 is 2.41 bits per heavy atom. The molecule has 0 bridgehead atoms. The Balaban J connectivity index is 1.39. The monoisotopic (exact) mass is 504 g/mol. The van der Waals surface area contributed by atoms with Crippen molar-refractivity contribution >= 4 is 34.8 Å². The molecule has 4 rings (SSSR count). The number of piperidine rings is 1. The van der Waals surface area contributed by atoms with Crippen molar-refractivity contribution in [1.82, 2.24) is 4.90 Å². The smallest absolute Gasteiger partial charge is 0.234 e. The first kappa shape index (κ1) is 25.2. The summed E-state index contributed by atoms with van der Waals surface area (Å²) in [5.74, 6) is 2.77. The van der Waals surface area contributed by atoms with Gasteiger partial charge in [-0.25, -0.2) is 0 Å². The normalized spacial score (nSPS) is 19.8. The van der Waals surface area contributed by atoms with E-state index in [-0.39, 0.29) is 11.8 Å². The molecule has 2 aromatic carbocycles. The molecule has 1 unspecified atom stereocenters. The molecule has 7 heteroatoms. The molecule has 2 fully saturated rings. The van der Waals surface area contributed by atoms with Gasteiger partial charge in [-0.3, -0.25) is 9.69 Å². The van der Waals surface area contributed by atoms with Crippen LogP contribution in [0.1, 0.15) is 44.6 Å². The predicted octanol–water partition coefficient (Wildman–Crippen LogP) is 6.27. The number of anilines is 1. The van der Waals surface area contributed by atoms with Gasteiger partial charge in [-0.2, -0.15) is 0 Å². The highest BCUT2D eigenvalue weighted by Crippen LogP contribution is 2.38. The molecular weight excluding hydrogens is 471 g/mol. The number of nitrogens with zero attached hydrogens (tertiary/aromatic N) is 2. The van der Waals surface area contributed by atoms with Crippen LogP contribution >= 0.6 is 23.2 Å². The Kier molecular flexibility index (Phi) is 8.28. The number of carbonyl (C=O) groups is 1. The zero-order valence-electron chi connectivity index (χ0n) is 20.2. The molecule has 2 aliphatic rings. The third-order valence-electron chi connectivity index (χ3n) is 7.25. The van der Waals surface area contributed by atoms with Crippen molar-refractivity contribution in [2.45, 2.75) is 39.0 Å². The molecule has 0 radical (unpaired) electrons. The summed E-state index contributed by atoms with van der Waals surface area (Å²) in [6.45, 7) is 9.01. The minimum absolute atomic E-state index is 0.0579. The van der Waals surface area contributed by atoms with Crippen LogP contribution in [0, 0.1) is 11.8 Å². The zero-order chi connectivity index (χ0) is 24.2. The largest absolute Gasteiger partial charge is 0.493 e. The average molecular weight is 505 g/mol. The molecule has 5 nitrogen and oxygen atoms in total. The fraction of sp³-hybridized carbons (Fsp3) is 0.519. The summed E-state index contributed by atoms with van der Waals surface area (Å²) < 4.78 is 11.7. The number of likely N-dealkylation sites (tertiary alicyclic amines) is 1. The van der Waals surface area contributed by atoms with E-state index in [0.29, 0.717) is 34.7 Å². The highest BCUT2D eigenvalue weighted by molar-refractivity contribution is 6.42. The lowest BCUT2D eigenvalue weighted by molar-refractivity contribution is -0.118. The van der Waals surface area contributed by atoms with Gasteiger partial charge in [0.05, 0.1) is 23.1 Å². The van der Waals surface area contributed by atoms with Crippen molar-refractivity contribution < 1.29 is 14.3 Å². The number of methoxy groups -OCH3 is 1. The van der Waals surface area contributed by atoms with Gasteiger partial charge in [-0.05, 0) is 74.0 Å². The number of amides is 1. The molecule has 0 spiro atoms. The molecule has 184 valence electrons. The Morgan fingerprint density at radius 1 is 0.971 bits per heavy atom. The average Bonchev–Trinajstić information content (AvgIpc) is 3.22. The first-order valence-corrected chi connectivity index (χ1v) is 12.9. The Hall–Kier alpha value is -1.95. The number of rotatable bonds is 8. The second-order valence-electron chi connectivity index (χ2n) is 9.61. The Bertz CT molecular complexity index is 1010. The van der Waals surface area contributed by atoms with Crippen LogP contribution in [0.15, 0.2) is 36.4 Å². The Labute approximate surface area is 212 Å². The number of benzene rings is 2. The third-order valence-corrected chi connectivity index (χ3v) is 7.99.